The number of nitrogens with two attached hydrogens (primary N) is 2. The standard InChI is InChI=1S/C25H34N10O/c1-25(2,3)35(27)15-20(26)23(36)32-22-7-9-28-12-17-11-16(5-6-19(17)22)21-8-10-29-24(33-21)31-18-13-30-34(4)14-18/h5-6,8,10-11,13-15,22,28H,7,9,12,26-27H2,1-4H3,(H,32,36)(H,29,31,33)/b20-15-. The maximum atomic E-state index is 12.8. The highest BCUT2D eigenvalue weighted by Gasteiger charge is 2.23. The number of rotatable bonds is 6. The normalized spacial score (nSPS) is 16.1. The summed E-state index contributed by atoms with van der Waals surface area (Å²) in [4.78, 5) is 21.8. The lowest BCUT2D eigenvalue weighted by Gasteiger charge is -2.30. The van der Waals surface area contributed by atoms with E-state index in [-0.39, 0.29) is 23.2 Å². The van der Waals surface area contributed by atoms with Gasteiger partial charge in [0.1, 0.15) is 5.70 Å². The van der Waals surface area contributed by atoms with E-state index >= 15 is 0 Å². The van der Waals surface area contributed by atoms with Crippen molar-refractivity contribution in [2.45, 2.75) is 45.3 Å². The fraction of sp³-hybridized carbons (Fsp3) is 0.360. The number of hydrazine groups is 1. The van der Waals surface area contributed by atoms with Crippen molar-refractivity contribution in [3.8, 4) is 11.3 Å². The number of benzene rings is 1. The Hall–Kier alpha value is -3.96. The summed E-state index contributed by atoms with van der Waals surface area (Å²) in [6.45, 7) is 7.27. The van der Waals surface area contributed by atoms with E-state index in [1.165, 1.54) is 11.2 Å². The minimum Gasteiger partial charge on any atom is -0.393 e. The summed E-state index contributed by atoms with van der Waals surface area (Å²) in [6.07, 6.45) is 7.51. The van der Waals surface area contributed by atoms with Gasteiger partial charge in [0.2, 0.25) is 5.95 Å². The highest BCUT2D eigenvalue weighted by molar-refractivity contribution is 5.92. The van der Waals surface area contributed by atoms with Crippen LogP contribution in [0, 0.1) is 0 Å². The second-order valence-corrected chi connectivity index (χ2v) is 9.86. The topological polar surface area (TPSA) is 152 Å². The van der Waals surface area contributed by atoms with Crippen molar-refractivity contribution in [2.24, 2.45) is 18.6 Å². The minimum atomic E-state index is -0.353. The summed E-state index contributed by atoms with van der Waals surface area (Å²) >= 11 is 0. The van der Waals surface area contributed by atoms with E-state index in [9.17, 15) is 4.79 Å². The van der Waals surface area contributed by atoms with Gasteiger partial charge in [0.25, 0.3) is 5.91 Å². The number of aryl methyl sites for hydroxylation is 1. The zero-order valence-electron chi connectivity index (χ0n) is 21.1. The largest absolute Gasteiger partial charge is 0.393 e. The molecule has 36 heavy (non-hydrogen) atoms. The molecule has 190 valence electrons. The average Bonchev–Trinajstić information content (AvgIpc) is 3.13. The van der Waals surface area contributed by atoms with Gasteiger partial charge in [0.05, 0.1) is 23.6 Å². The number of carbonyl (C=O) groups is 1. The molecule has 0 fully saturated rings. The maximum Gasteiger partial charge on any atom is 0.269 e. The van der Waals surface area contributed by atoms with Crippen LogP contribution in [-0.2, 0) is 18.4 Å². The maximum absolute atomic E-state index is 12.8. The number of amides is 1. The van der Waals surface area contributed by atoms with Crippen LogP contribution < -0.4 is 27.5 Å². The predicted octanol–water partition coefficient (Wildman–Crippen LogP) is 2.05. The number of fused-ring (bicyclic) bond motifs is 1. The Morgan fingerprint density at radius 1 is 1.31 bits per heavy atom. The van der Waals surface area contributed by atoms with Crippen LogP contribution >= 0.6 is 0 Å². The predicted molar refractivity (Wildman–Crippen MR) is 139 cm³/mol. The molecule has 11 heteroatoms. The molecule has 1 aliphatic heterocycles. The third-order valence-corrected chi connectivity index (χ3v) is 5.98. The van der Waals surface area contributed by atoms with Gasteiger partial charge in [-0.2, -0.15) is 5.10 Å². The summed E-state index contributed by atoms with van der Waals surface area (Å²) in [5.74, 6) is 6.16. The van der Waals surface area contributed by atoms with E-state index < -0.39 is 0 Å². The first-order chi connectivity index (χ1) is 17.1. The van der Waals surface area contributed by atoms with Crippen molar-refractivity contribution in [1.29, 1.82) is 0 Å². The molecule has 0 saturated heterocycles. The molecule has 0 saturated carbocycles. The first-order valence-corrected chi connectivity index (χ1v) is 11.8. The Kier molecular flexibility index (Phi) is 7.22. The van der Waals surface area contributed by atoms with E-state index in [1.54, 1.807) is 17.1 Å². The first kappa shape index (κ1) is 25.1. The van der Waals surface area contributed by atoms with Crippen LogP contribution in [0.25, 0.3) is 11.3 Å². The van der Waals surface area contributed by atoms with Crippen molar-refractivity contribution in [1.82, 2.24) is 35.4 Å². The molecule has 0 radical (unpaired) electrons. The second kappa shape index (κ2) is 10.3. The van der Waals surface area contributed by atoms with E-state index in [0.29, 0.717) is 12.5 Å². The Labute approximate surface area is 210 Å². The molecule has 1 atom stereocenters. The molecule has 4 rings (SSSR count). The van der Waals surface area contributed by atoms with Gasteiger partial charge < -0.3 is 26.7 Å². The van der Waals surface area contributed by atoms with Gasteiger partial charge in [-0.3, -0.25) is 9.48 Å². The van der Waals surface area contributed by atoms with Gasteiger partial charge in [-0.05, 0) is 57.0 Å². The quantitative estimate of drug-likeness (QED) is 0.198. The van der Waals surface area contributed by atoms with Crippen LogP contribution in [0.5, 0.6) is 0 Å². The number of hydrogen-bond acceptors (Lipinski definition) is 9. The lowest BCUT2D eigenvalue weighted by Crippen LogP contribution is -2.44. The molecule has 1 amide bonds. The summed E-state index contributed by atoms with van der Waals surface area (Å²) in [5.41, 5.74) is 10.5. The van der Waals surface area contributed by atoms with Crippen molar-refractivity contribution < 1.29 is 4.79 Å². The number of nitrogens with zero attached hydrogens (tertiary/aromatic N) is 5. The summed E-state index contributed by atoms with van der Waals surface area (Å²) in [7, 11) is 1.85. The average molecular weight is 491 g/mol. The Balaban J connectivity index is 1.54. The Morgan fingerprint density at radius 3 is 2.83 bits per heavy atom. The molecule has 3 heterocycles. The van der Waals surface area contributed by atoms with Gasteiger partial charge in [-0.15, -0.1) is 0 Å². The van der Waals surface area contributed by atoms with Crippen LogP contribution in [-0.4, -0.2) is 42.7 Å². The molecule has 1 unspecified atom stereocenters. The van der Waals surface area contributed by atoms with E-state index in [4.69, 9.17) is 11.6 Å². The van der Waals surface area contributed by atoms with E-state index in [0.717, 1.165) is 41.0 Å². The number of aromatic nitrogens is 4. The lowest BCUT2D eigenvalue weighted by atomic mass is 9.96. The molecule has 1 aromatic carbocycles. The van der Waals surface area contributed by atoms with E-state index in [2.05, 4.69) is 37.1 Å². The third kappa shape index (κ3) is 5.99. The summed E-state index contributed by atoms with van der Waals surface area (Å²) in [6, 6.07) is 7.85. The highest BCUT2D eigenvalue weighted by atomic mass is 16.2. The smallest absolute Gasteiger partial charge is 0.269 e. The number of nitrogens with one attached hydrogen (secondary N) is 3. The fourth-order valence-electron chi connectivity index (χ4n) is 3.87. The van der Waals surface area contributed by atoms with Crippen molar-refractivity contribution in [3.05, 3.63) is 65.9 Å². The molecule has 0 bridgehead atoms. The molecule has 7 N–H and O–H groups in total. The third-order valence-electron chi connectivity index (χ3n) is 5.98. The monoisotopic (exact) mass is 490 g/mol. The summed E-state index contributed by atoms with van der Waals surface area (Å²) in [5, 5.41) is 15.3. The van der Waals surface area contributed by atoms with Crippen LogP contribution in [0.1, 0.15) is 44.4 Å². The lowest BCUT2D eigenvalue weighted by molar-refractivity contribution is -0.118. The van der Waals surface area contributed by atoms with Gasteiger partial charge >= 0.3 is 0 Å². The first-order valence-electron chi connectivity index (χ1n) is 11.8. The fourth-order valence-corrected chi connectivity index (χ4v) is 3.87. The molecule has 11 nitrogen and oxygen atoms in total. The van der Waals surface area contributed by atoms with Crippen molar-refractivity contribution >= 4 is 17.5 Å². The number of anilines is 2. The Morgan fingerprint density at radius 2 is 2.11 bits per heavy atom. The zero-order chi connectivity index (χ0) is 25.9. The molecule has 1 aliphatic rings. The van der Waals surface area contributed by atoms with Gasteiger partial charge in [0.15, 0.2) is 0 Å². The Bertz CT molecular complexity index is 1260. The molecular weight excluding hydrogens is 456 g/mol. The molecular formula is C25H34N10O. The zero-order valence-corrected chi connectivity index (χ0v) is 21.1. The van der Waals surface area contributed by atoms with E-state index in [1.807, 2.05) is 52.2 Å². The van der Waals surface area contributed by atoms with Gasteiger partial charge in [-0.25, -0.2) is 15.8 Å². The van der Waals surface area contributed by atoms with Crippen LogP contribution in [0.3, 0.4) is 0 Å². The van der Waals surface area contributed by atoms with Gasteiger partial charge in [-0.1, -0.05) is 12.1 Å². The minimum absolute atomic E-state index is 0.0671. The summed E-state index contributed by atoms with van der Waals surface area (Å²) < 4.78 is 1.71. The number of hydrogen-bond donors (Lipinski definition) is 5. The second-order valence-electron chi connectivity index (χ2n) is 9.86. The number of carbonyl (C=O) groups excluding carboxylic acids is 1. The highest BCUT2D eigenvalue weighted by Crippen LogP contribution is 2.29. The molecule has 0 aliphatic carbocycles. The van der Waals surface area contributed by atoms with Crippen molar-refractivity contribution in [2.75, 3.05) is 11.9 Å². The molecule has 0 spiro atoms. The van der Waals surface area contributed by atoms with Crippen LogP contribution in [0.4, 0.5) is 11.6 Å². The molecule has 3 aromatic rings. The molecule has 2 aromatic heterocycles. The van der Waals surface area contributed by atoms with Gasteiger partial charge in [0, 0.05) is 43.3 Å². The van der Waals surface area contributed by atoms with Crippen LogP contribution in [0.15, 0.2) is 54.8 Å². The SMILES string of the molecule is Cn1cc(Nc2nccc(-c3ccc4c(c3)CNCCC4NC(=O)/C(N)=C/N(N)C(C)(C)C)n2)cn1. The van der Waals surface area contributed by atoms with Crippen LogP contribution in [0.2, 0.25) is 0 Å². The van der Waals surface area contributed by atoms with Crippen molar-refractivity contribution in [3.63, 3.8) is 0 Å².